The van der Waals surface area contributed by atoms with Crippen LogP contribution < -0.4 is 5.32 Å². The number of fused-ring (bicyclic) bond motifs is 2. The Bertz CT molecular complexity index is 794. The molecular formula is C20H22F3N3O. The number of aliphatic hydroxyl groups is 1. The molecule has 0 saturated heterocycles. The Hall–Kier alpha value is -1.99. The van der Waals surface area contributed by atoms with Gasteiger partial charge in [-0.15, -0.1) is 0 Å². The average Bonchev–Trinajstić information content (AvgIpc) is 3.27. The number of nitrogens with one attached hydrogen (secondary N) is 1. The third kappa shape index (κ3) is 3.71. The molecule has 2 N–H and O–H groups in total. The van der Waals surface area contributed by atoms with E-state index < -0.39 is 11.7 Å². The maximum Gasteiger partial charge on any atom is 0.416 e. The van der Waals surface area contributed by atoms with Crippen LogP contribution >= 0.6 is 0 Å². The molecule has 1 heterocycles. The van der Waals surface area contributed by atoms with Gasteiger partial charge < -0.3 is 10.4 Å². The van der Waals surface area contributed by atoms with E-state index in [1.807, 2.05) is 6.07 Å². The van der Waals surface area contributed by atoms with Gasteiger partial charge in [-0.05, 0) is 49.3 Å². The van der Waals surface area contributed by atoms with Crippen LogP contribution in [0.25, 0.3) is 11.4 Å². The minimum absolute atomic E-state index is 0.208. The molecule has 2 aromatic rings. The summed E-state index contributed by atoms with van der Waals surface area (Å²) in [4.78, 5) is 8.68. The first-order chi connectivity index (χ1) is 13.0. The largest absolute Gasteiger partial charge is 0.416 e. The lowest BCUT2D eigenvalue weighted by atomic mass is 9.85. The van der Waals surface area contributed by atoms with Gasteiger partial charge in [0.15, 0.2) is 5.82 Å². The van der Waals surface area contributed by atoms with Crippen molar-refractivity contribution >= 4 is 0 Å². The number of benzene rings is 1. The zero-order valence-electron chi connectivity index (χ0n) is 14.8. The van der Waals surface area contributed by atoms with Crippen LogP contribution in [0.4, 0.5) is 13.2 Å². The van der Waals surface area contributed by atoms with Gasteiger partial charge in [-0.2, -0.15) is 13.2 Å². The molecule has 0 unspecified atom stereocenters. The lowest BCUT2D eigenvalue weighted by Gasteiger charge is -2.30. The van der Waals surface area contributed by atoms with Gasteiger partial charge in [-0.25, -0.2) is 9.97 Å². The van der Waals surface area contributed by atoms with E-state index >= 15 is 0 Å². The second kappa shape index (κ2) is 7.20. The molecule has 0 radical (unpaired) electrons. The van der Waals surface area contributed by atoms with E-state index in [9.17, 15) is 18.3 Å². The van der Waals surface area contributed by atoms with Crippen molar-refractivity contribution in [3.63, 3.8) is 0 Å². The lowest BCUT2D eigenvalue weighted by Crippen LogP contribution is -2.42. The van der Waals surface area contributed by atoms with E-state index in [2.05, 4.69) is 15.3 Å². The van der Waals surface area contributed by atoms with Gasteiger partial charge in [0.2, 0.25) is 0 Å². The van der Waals surface area contributed by atoms with Crippen molar-refractivity contribution in [3.05, 3.63) is 47.8 Å². The summed E-state index contributed by atoms with van der Waals surface area (Å²) in [6, 6.07) is 7.00. The predicted octanol–water partition coefficient (Wildman–Crippen LogP) is 3.66. The van der Waals surface area contributed by atoms with Crippen LogP contribution in [0.3, 0.4) is 0 Å². The highest BCUT2D eigenvalue weighted by Crippen LogP contribution is 2.48. The summed E-state index contributed by atoms with van der Waals surface area (Å²) < 4.78 is 38.1. The molecule has 2 aliphatic carbocycles. The third-order valence-electron chi connectivity index (χ3n) is 6.00. The molecule has 27 heavy (non-hydrogen) atoms. The Balaban J connectivity index is 1.45. The molecule has 144 valence electrons. The topological polar surface area (TPSA) is 58.0 Å². The van der Waals surface area contributed by atoms with Gasteiger partial charge in [-0.1, -0.05) is 12.1 Å². The normalized spacial score (nSPS) is 27.3. The summed E-state index contributed by atoms with van der Waals surface area (Å²) in [5, 5.41) is 13.2. The number of rotatable bonds is 5. The van der Waals surface area contributed by atoms with E-state index in [1.54, 1.807) is 6.20 Å². The molecule has 4 nitrogen and oxygen atoms in total. The highest BCUT2D eigenvalue weighted by molar-refractivity contribution is 5.55. The molecule has 0 spiro atoms. The fourth-order valence-electron chi connectivity index (χ4n) is 4.66. The zero-order chi connectivity index (χ0) is 19.0. The molecule has 2 aliphatic rings. The SMILES string of the molecule is OC[C@H]1[C@H]2CC[C@H](C2)[C@@H]1NCc1ccnc(-c2ccc(C(F)(F)F)cc2)n1. The van der Waals surface area contributed by atoms with Crippen LogP contribution in [0.1, 0.15) is 30.5 Å². The molecule has 1 aromatic carbocycles. The maximum atomic E-state index is 12.7. The summed E-state index contributed by atoms with van der Waals surface area (Å²) >= 11 is 0. The van der Waals surface area contributed by atoms with Gasteiger partial charge in [0.25, 0.3) is 0 Å². The van der Waals surface area contributed by atoms with Crippen LogP contribution in [-0.2, 0) is 12.7 Å². The highest BCUT2D eigenvalue weighted by atomic mass is 19.4. The molecule has 4 rings (SSSR count). The highest BCUT2D eigenvalue weighted by Gasteiger charge is 2.46. The first-order valence-corrected chi connectivity index (χ1v) is 9.29. The van der Waals surface area contributed by atoms with Crippen LogP contribution in [0.15, 0.2) is 36.5 Å². The lowest BCUT2D eigenvalue weighted by molar-refractivity contribution is -0.137. The monoisotopic (exact) mass is 377 g/mol. The number of nitrogens with zero attached hydrogens (tertiary/aromatic N) is 2. The fourth-order valence-corrected chi connectivity index (χ4v) is 4.66. The second-order valence-corrected chi connectivity index (χ2v) is 7.53. The standard InChI is InChI=1S/C20H22F3N3O/c21-20(22,23)15-5-3-12(4-6-15)19-24-8-7-16(26-19)10-25-18-14-2-1-13(9-14)17(18)11-27/h3-8,13-14,17-18,25,27H,1-2,9-11H2/t13-,14+,17-,18-/m0/s1. The molecule has 0 aliphatic heterocycles. The van der Waals surface area contributed by atoms with Gasteiger partial charge in [-0.3, -0.25) is 0 Å². The van der Waals surface area contributed by atoms with Crippen LogP contribution in [0, 0.1) is 17.8 Å². The van der Waals surface area contributed by atoms with Crippen molar-refractivity contribution < 1.29 is 18.3 Å². The zero-order valence-corrected chi connectivity index (χ0v) is 14.8. The molecule has 2 saturated carbocycles. The molecule has 4 atom stereocenters. The van der Waals surface area contributed by atoms with Crippen LogP contribution in [-0.4, -0.2) is 27.7 Å². The Morgan fingerprint density at radius 1 is 1.07 bits per heavy atom. The van der Waals surface area contributed by atoms with E-state index in [0.717, 1.165) is 17.8 Å². The smallest absolute Gasteiger partial charge is 0.396 e. The van der Waals surface area contributed by atoms with Crippen molar-refractivity contribution in [1.29, 1.82) is 0 Å². The van der Waals surface area contributed by atoms with E-state index in [-0.39, 0.29) is 6.61 Å². The van der Waals surface area contributed by atoms with Gasteiger partial charge in [0.1, 0.15) is 0 Å². The minimum Gasteiger partial charge on any atom is -0.396 e. The number of hydrogen-bond donors (Lipinski definition) is 2. The average molecular weight is 377 g/mol. The molecule has 7 heteroatoms. The first kappa shape index (κ1) is 18.4. The Labute approximate surface area is 155 Å². The summed E-state index contributed by atoms with van der Waals surface area (Å²) in [5.74, 6) is 1.95. The third-order valence-corrected chi connectivity index (χ3v) is 6.00. The van der Waals surface area contributed by atoms with E-state index in [1.165, 1.54) is 31.4 Å². The first-order valence-electron chi connectivity index (χ1n) is 9.29. The molecular weight excluding hydrogens is 355 g/mol. The number of halogens is 3. The molecule has 0 amide bonds. The minimum atomic E-state index is -4.35. The number of aliphatic hydroxyl groups excluding tert-OH is 1. The number of aromatic nitrogens is 2. The van der Waals surface area contributed by atoms with Crippen molar-refractivity contribution in [2.75, 3.05) is 6.61 Å². The quantitative estimate of drug-likeness (QED) is 0.835. The van der Waals surface area contributed by atoms with E-state index in [4.69, 9.17) is 0 Å². The summed E-state index contributed by atoms with van der Waals surface area (Å²) in [5.41, 5.74) is 0.660. The van der Waals surface area contributed by atoms with Gasteiger partial charge in [0.05, 0.1) is 11.3 Å². The molecule has 2 bridgehead atoms. The van der Waals surface area contributed by atoms with Gasteiger partial charge >= 0.3 is 6.18 Å². The molecule has 1 aromatic heterocycles. The van der Waals surface area contributed by atoms with E-state index in [0.29, 0.717) is 41.7 Å². The van der Waals surface area contributed by atoms with Gasteiger partial charge in [0, 0.05) is 36.9 Å². The summed E-state index contributed by atoms with van der Waals surface area (Å²) in [6.07, 6.45) is 0.874. The number of alkyl halides is 3. The second-order valence-electron chi connectivity index (χ2n) is 7.53. The predicted molar refractivity (Wildman–Crippen MR) is 94.5 cm³/mol. The van der Waals surface area contributed by atoms with Crippen molar-refractivity contribution in [2.24, 2.45) is 17.8 Å². The van der Waals surface area contributed by atoms with Crippen molar-refractivity contribution in [1.82, 2.24) is 15.3 Å². The summed E-state index contributed by atoms with van der Waals surface area (Å²) in [6.45, 7) is 0.764. The maximum absolute atomic E-state index is 12.7. The Morgan fingerprint density at radius 2 is 1.81 bits per heavy atom. The van der Waals surface area contributed by atoms with Crippen LogP contribution in [0.2, 0.25) is 0 Å². The number of hydrogen-bond acceptors (Lipinski definition) is 4. The summed E-state index contributed by atoms with van der Waals surface area (Å²) in [7, 11) is 0. The Kier molecular flexibility index (Phi) is 4.90. The fraction of sp³-hybridized carbons (Fsp3) is 0.500. The molecule has 2 fully saturated rings. The van der Waals surface area contributed by atoms with Crippen molar-refractivity contribution in [2.45, 2.75) is 38.0 Å². The van der Waals surface area contributed by atoms with Crippen molar-refractivity contribution in [3.8, 4) is 11.4 Å². The van der Waals surface area contributed by atoms with Crippen LogP contribution in [0.5, 0.6) is 0 Å². The Morgan fingerprint density at radius 3 is 2.52 bits per heavy atom.